The van der Waals surface area contributed by atoms with Crippen LogP contribution in [0.1, 0.15) is 32.6 Å². The first kappa shape index (κ1) is 16.4. The molecule has 0 aromatic carbocycles. The Morgan fingerprint density at radius 1 is 1.33 bits per heavy atom. The summed E-state index contributed by atoms with van der Waals surface area (Å²) in [5, 5.41) is 0. The Morgan fingerprint density at radius 3 is 2.44 bits per heavy atom. The summed E-state index contributed by atoms with van der Waals surface area (Å²) < 4.78 is 25.0. The highest BCUT2D eigenvalue weighted by molar-refractivity contribution is 9.10. The number of halogens is 1. The zero-order chi connectivity index (χ0) is 13.6. The minimum absolute atomic E-state index is 0.0427. The van der Waals surface area contributed by atoms with Gasteiger partial charge in [-0.25, -0.2) is 12.7 Å². The molecular formula is C12H25BrN2O2S. The fourth-order valence-electron chi connectivity index (χ4n) is 2.40. The summed E-state index contributed by atoms with van der Waals surface area (Å²) >= 11 is 3.05. The summed E-state index contributed by atoms with van der Waals surface area (Å²) in [6, 6.07) is 0. The number of unbranched alkanes of at least 4 members (excludes halogenated alkanes) is 1. The molecule has 1 saturated heterocycles. The van der Waals surface area contributed by atoms with Crippen LogP contribution in [-0.2, 0) is 10.0 Å². The maximum absolute atomic E-state index is 11.7. The van der Waals surface area contributed by atoms with Crippen LogP contribution in [0, 0.1) is 5.92 Å². The van der Waals surface area contributed by atoms with E-state index in [9.17, 15) is 8.42 Å². The highest BCUT2D eigenvalue weighted by atomic mass is 79.9. The molecule has 0 spiro atoms. The Bertz CT molecular complexity index is 327. The average Bonchev–Trinajstić information content (AvgIpc) is 2.37. The predicted molar refractivity (Wildman–Crippen MR) is 79.4 cm³/mol. The molecule has 0 unspecified atom stereocenters. The van der Waals surface area contributed by atoms with Crippen molar-refractivity contribution in [1.29, 1.82) is 0 Å². The van der Waals surface area contributed by atoms with Crippen LogP contribution in [0.3, 0.4) is 0 Å². The van der Waals surface area contributed by atoms with Crippen molar-refractivity contribution in [2.24, 2.45) is 5.92 Å². The molecule has 0 atom stereocenters. The first-order valence-electron chi connectivity index (χ1n) is 6.72. The van der Waals surface area contributed by atoms with Crippen LogP contribution in [0.2, 0.25) is 0 Å². The Balaban J connectivity index is 2.31. The molecule has 1 heterocycles. The number of piperidine rings is 1. The third kappa shape index (κ3) is 5.15. The van der Waals surface area contributed by atoms with Gasteiger partial charge in [-0.1, -0.05) is 29.3 Å². The summed E-state index contributed by atoms with van der Waals surface area (Å²) in [4.78, 5) is 2.38. The second-order valence-electron chi connectivity index (χ2n) is 5.18. The number of nitrogens with zero attached hydrogens (tertiary/aromatic N) is 2. The van der Waals surface area contributed by atoms with E-state index in [1.54, 1.807) is 4.31 Å². The van der Waals surface area contributed by atoms with Crippen LogP contribution in [-0.4, -0.2) is 55.5 Å². The summed E-state index contributed by atoms with van der Waals surface area (Å²) in [7, 11) is -0.887. The molecule has 0 radical (unpaired) electrons. The first-order chi connectivity index (χ1) is 8.49. The molecule has 1 rings (SSSR count). The second-order valence-corrected chi connectivity index (χ2v) is 8.45. The maximum Gasteiger partial charge on any atom is 0.224 e. The molecule has 0 bridgehead atoms. The van der Waals surface area contributed by atoms with Crippen molar-refractivity contribution in [2.45, 2.75) is 32.6 Å². The standard InChI is InChI=1S/C12H25BrN2O2S/c1-3-4-7-14(2)10-12-5-8-15(9-6-12)18(16,17)11-13/h12H,3-11H2,1-2H3. The molecule has 1 aliphatic heterocycles. The second kappa shape index (κ2) is 7.82. The lowest BCUT2D eigenvalue weighted by molar-refractivity contribution is 0.205. The molecule has 0 aromatic rings. The van der Waals surface area contributed by atoms with Gasteiger partial charge in [-0.3, -0.25) is 0 Å². The first-order valence-corrected chi connectivity index (χ1v) is 9.45. The van der Waals surface area contributed by atoms with Gasteiger partial charge in [0.15, 0.2) is 0 Å². The number of alkyl halides is 1. The van der Waals surface area contributed by atoms with Crippen molar-refractivity contribution in [3.63, 3.8) is 0 Å². The Hall–Kier alpha value is 0.350. The normalized spacial score (nSPS) is 19.6. The van der Waals surface area contributed by atoms with Gasteiger partial charge in [0.2, 0.25) is 10.0 Å². The Kier molecular flexibility index (Phi) is 7.13. The number of hydrogen-bond donors (Lipinski definition) is 0. The highest BCUT2D eigenvalue weighted by Gasteiger charge is 2.27. The number of hydrogen-bond acceptors (Lipinski definition) is 3. The average molecular weight is 341 g/mol. The fraction of sp³-hybridized carbons (Fsp3) is 1.00. The van der Waals surface area contributed by atoms with E-state index in [1.165, 1.54) is 12.8 Å². The van der Waals surface area contributed by atoms with Gasteiger partial charge in [-0.05, 0) is 38.8 Å². The monoisotopic (exact) mass is 340 g/mol. The topological polar surface area (TPSA) is 40.6 Å². The lowest BCUT2D eigenvalue weighted by Gasteiger charge is -2.32. The van der Waals surface area contributed by atoms with E-state index in [2.05, 4.69) is 34.8 Å². The molecule has 1 fully saturated rings. The summed E-state index contributed by atoms with van der Waals surface area (Å²) in [6.07, 6.45) is 4.45. The fourth-order valence-corrected chi connectivity index (χ4v) is 4.17. The van der Waals surface area contributed by atoms with Gasteiger partial charge in [0.05, 0.1) is 0 Å². The lowest BCUT2D eigenvalue weighted by Crippen LogP contribution is -2.41. The van der Waals surface area contributed by atoms with Gasteiger partial charge < -0.3 is 4.90 Å². The summed E-state index contributed by atoms with van der Waals surface area (Å²) in [5.41, 5.74) is 0. The van der Waals surface area contributed by atoms with E-state index < -0.39 is 10.0 Å². The van der Waals surface area contributed by atoms with Crippen molar-refractivity contribution in [3.8, 4) is 0 Å². The predicted octanol–water partition coefficient (Wildman–Crippen LogP) is 2.11. The Morgan fingerprint density at radius 2 is 1.94 bits per heavy atom. The molecule has 108 valence electrons. The molecule has 0 amide bonds. The van der Waals surface area contributed by atoms with E-state index >= 15 is 0 Å². The Labute approximate surface area is 120 Å². The van der Waals surface area contributed by atoms with Gasteiger partial charge in [-0.2, -0.15) is 0 Å². The molecule has 0 aromatic heterocycles. The van der Waals surface area contributed by atoms with E-state index in [4.69, 9.17) is 0 Å². The lowest BCUT2D eigenvalue weighted by atomic mass is 9.97. The quantitative estimate of drug-likeness (QED) is 0.666. The van der Waals surface area contributed by atoms with Crippen LogP contribution in [0.4, 0.5) is 0 Å². The van der Waals surface area contributed by atoms with Crippen LogP contribution in [0.5, 0.6) is 0 Å². The smallest absolute Gasteiger partial charge is 0.224 e. The largest absolute Gasteiger partial charge is 0.306 e. The number of rotatable bonds is 7. The van der Waals surface area contributed by atoms with Gasteiger partial charge in [0, 0.05) is 19.6 Å². The van der Waals surface area contributed by atoms with Crippen molar-refractivity contribution in [3.05, 3.63) is 0 Å². The SMILES string of the molecule is CCCCN(C)CC1CCN(S(=O)(=O)CBr)CC1. The van der Waals surface area contributed by atoms with Gasteiger partial charge >= 0.3 is 0 Å². The molecular weight excluding hydrogens is 316 g/mol. The minimum atomic E-state index is -3.05. The molecule has 0 aliphatic carbocycles. The maximum atomic E-state index is 11.7. The van der Waals surface area contributed by atoms with Crippen LogP contribution < -0.4 is 0 Å². The minimum Gasteiger partial charge on any atom is -0.306 e. The highest BCUT2D eigenvalue weighted by Crippen LogP contribution is 2.21. The van der Waals surface area contributed by atoms with E-state index in [0.717, 1.165) is 25.9 Å². The van der Waals surface area contributed by atoms with Gasteiger partial charge in [0.25, 0.3) is 0 Å². The van der Waals surface area contributed by atoms with E-state index in [1.807, 2.05) is 0 Å². The van der Waals surface area contributed by atoms with Crippen LogP contribution in [0.15, 0.2) is 0 Å². The molecule has 1 aliphatic rings. The van der Waals surface area contributed by atoms with Crippen molar-refractivity contribution in [2.75, 3.05) is 37.9 Å². The zero-order valence-electron chi connectivity index (χ0n) is 11.4. The van der Waals surface area contributed by atoms with Crippen LogP contribution in [0.25, 0.3) is 0 Å². The van der Waals surface area contributed by atoms with Gasteiger partial charge in [0.1, 0.15) is 4.66 Å². The molecule has 0 N–H and O–H groups in total. The zero-order valence-corrected chi connectivity index (χ0v) is 13.8. The number of sulfonamides is 1. The molecule has 18 heavy (non-hydrogen) atoms. The van der Waals surface area contributed by atoms with E-state index in [0.29, 0.717) is 19.0 Å². The summed E-state index contributed by atoms with van der Waals surface area (Å²) in [5.74, 6) is 0.647. The van der Waals surface area contributed by atoms with Crippen molar-refractivity contribution < 1.29 is 8.42 Å². The third-order valence-electron chi connectivity index (χ3n) is 3.57. The van der Waals surface area contributed by atoms with Crippen molar-refractivity contribution >= 4 is 26.0 Å². The molecule has 0 saturated carbocycles. The molecule has 6 heteroatoms. The van der Waals surface area contributed by atoms with E-state index in [-0.39, 0.29) is 4.66 Å². The third-order valence-corrected chi connectivity index (χ3v) is 6.73. The van der Waals surface area contributed by atoms with Crippen LogP contribution >= 0.6 is 15.9 Å². The molecule has 4 nitrogen and oxygen atoms in total. The van der Waals surface area contributed by atoms with Gasteiger partial charge in [-0.15, -0.1) is 0 Å². The summed E-state index contributed by atoms with van der Waals surface area (Å²) in [6.45, 7) is 5.82. The van der Waals surface area contributed by atoms with Crippen molar-refractivity contribution in [1.82, 2.24) is 9.21 Å².